The van der Waals surface area contributed by atoms with Gasteiger partial charge in [0, 0.05) is 10.9 Å². The smallest absolute Gasteiger partial charge is 0.149 e. The van der Waals surface area contributed by atoms with Crippen LogP contribution in [0, 0.1) is 23.5 Å². The molecule has 0 fully saturated rings. The van der Waals surface area contributed by atoms with Crippen molar-refractivity contribution in [1.29, 1.82) is 0 Å². The van der Waals surface area contributed by atoms with Crippen molar-refractivity contribution in [2.45, 2.75) is 19.8 Å². The zero-order chi connectivity index (χ0) is 22.5. The number of aromatic hydroxyl groups is 1. The fourth-order valence-corrected chi connectivity index (χ4v) is 3.32. The second kappa shape index (κ2) is 9.40. The van der Waals surface area contributed by atoms with E-state index in [4.69, 9.17) is 0 Å². The van der Waals surface area contributed by atoms with E-state index in [0.717, 1.165) is 18.4 Å². The van der Waals surface area contributed by atoms with E-state index in [9.17, 15) is 13.9 Å². The van der Waals surface area contributed by atoms with E-state index in [0.29, 0.717) is 27.7 Å². The summed E-state index contributed by atoms with van der Waals surface area (Å²) in [6.07, 6.45) is 1.84. The molecule has 0 amide bonds. The highest BCUT2D eigenvalue weighted by Crippen LogP contribution is 2.25. The van der Waals surface area contributed by atoms with Crippen molar-refractivity contribution >= 4 is 22.1 Å². The molecule has 4 aromatic carbocycles. The molecule has 0 bridgehead atoms. The summed E-state index contributed by atoms with van der Waals surface area (Å²) in [5, 5.41) is 18.4. The maximum absolute atomic E-state index is 14.9. The largest absolute Gasteiger partial charge is 0.508 e. The first kappa shape index (κ1) is 21.2. The predicted molar refractivity (Wildman–Crippen MR) is 123 cm³/mol. The number of rotatable bonds is 4. The number of hydrogen-bond acceptors (Lipinski definition) is 3. The van der Waals surface area contributed by atoms with Crippen LogP contribution in [0.25, 0.3) is 10.8 Å². The molecule has 0 atom stereocenters. The van der Waals surface area contributed by atoms with Crippen molar-refractivity contribution in [3.05, 3.63) is 101 Å². The van der Waals surface area contributed by atoms with Crippen LogP contribution in [0.3, 0.4) is 0 Å². The Morgan fingerprint density at radius 3 is 2.12 bits per heavy atom. The third-order valence-electron chi connectivity index (χ3n) is 4.96. The predicted octanol–water partition coefficient (Wildman–Crippen LogP) is 7.59. The van der Waals surface area contributed by atoms with Crippen molar-refractivity contribution in [3.8, 4) is 17.6 Å². The van der Waals surface area contributed by atoms with Crippen LogP contribution < -0.4 is 0 Å². The van der Waals surface area contributed by atoms with Crippen LogP contribution in [0.4, 0.5) is 20.2 Å². The van der Waals surface area contributed by atoms with Gasteiger partial charge in [0.05, 0.1) is 16.9 Å². The van der Waals surface area contributed by atoms with Crippen molar-refractivity contribution in [2.24, 2.45) is 10.2 Å². The van der Waals surface area contributed by atoms with E-state index in [1.165, 1.54) is 18.2 Å². The number of nitrogens with zero attached hydrogens (tertiary/aromatic N) is 2. The molecular formula is C27H20F2N2O. The Labute approximate surface area is 185 Å². The molecule has 1 N–H and O–H groups in total. The molecule has 0 unspecified atom stereocenters. The minimum Gasteiger partial charge on any atom is -0.508 e. The lowest BCUT2D eigenvalue weighted by molar-refractivity contribution is 0.475. The highest BCUT2D eigenvalue weighted by molar-refractivity contribution is 5.85. The van der Waals surface area contributed by atoms with Gasteiger partial charge in [-0.2, -0.15) is 10.2 Å². The number of hydrogen-bond donors (Lipinski definition) is 1. The lowest BCUT2D eigenvalue weighted by Gasteiger charge is -2.06. The summed E-state index contributed by atoms with van der Waals surface area (Å²) in [5.74, 6) is 4.30. The molecule has 0 aliphatic rings. The summed E-state index contributed by atoms with van der Waals surface area (Å²) in [5.41, 5.74) is 2.63. The number of azo groups is 1. The summed E-state index contributed by atoms with van der Waals surface area (Å²) in [6, 6.07) is 20.0. The Hall–Kier alpha value is -4.04. The zero-order valence-electron chi connectivity index (χ0n) is 17.4. The highest BCUT2D eigenvalue weighted by atomic mass is 19.1. The van der Waals surface area contributed by atoms with Crippen LogP contribution in [0.1, 0.15) is 30.0 Å². The maximum Gasteiger partial charge on any atom is 0.149 e. The maximum atomic E-state index is 14.9. The van der Waals surface area contributed by atoms with Gasteiger partial charge in [0.15, 0.2) is 0 Å². The molecule has 3 nitrogen and oxygen atoms in total. The molecule has 0 aliphatic heterocycles. The highest BCUT2D eigenvalue weighted by Gasteiger charge is 2.12. The van der Waals surface area contributed by atoms with E-state index in [-0.39, 0.29) is 11.3 Å². The first-order valence-electron chi connectivity index (χ1n) is 10.3. The average Bonchev–Trinajstić information content (AvgIpc) is 2.79. The quantitative estimate of drug-likeness (QED) is 0.265. The SMILES string of the molecule is CCCc1ccc2c(F)c(C#Cc3ccc(N=Nc4ccc(O)cc4)cc3)c(F)cc2c1. The fraction of sp³-hybridized carbons (Fsp3) is 0.111. The molecule has 0 aromatic heterocycles. The van der Waals surface area contributed by atoms with Gasteiger partial charge in [-0.15, -0.1) is 0 Å². The lowest BCUT2D eigenvalue weighted by atomic mass is 10.0. The lowest BCUT2D eigenvalue weighted by Crippen LogP contribution is -1.94. The van der Waals surface area contributed by atoms with Gasteiger partial charge in [-0.1, -0.05) is 43.4 Å². The molecule has 0 saturated carbocycles. The topological polar surface area (TPSA) is 45.0 Å². The van der Waals surface area contributed by atoms with Crippen molar-refractivity contribution in [3.63, 3.8) is 0 Å². The number of benzene rings is 4. The Balaban J connectivity index is 1.56. The van der Waals surface area contributed by atoms with Gasteiger partial charge < -0.3 is 5.11 Å². The zero-order valence-corrected chi connectivity index (χ0v) is 17.4. The molecule has 158 valence electrons. The summed E-state index contributed by atoms with van der Waals surface area (Å²) >= 11 is 0. The van der Waals surface area contributed by atoms with Crippen LogP contribution in [-0.4, -0.2) is 5.11 Å². The van der Waals surface area contributed by atoms with Gasteiger partial charge >= 0.3 is 0 Å². The van der Waals surface area contributed by atoms with E-state index < -0.39 is 11.6 Å². The third kappa shape index (κ3) is 4.81. The Kier molecular flexibility index (Phi) is 6.23. The summed E-state index contributed by atoms with van der Waals surface area (Å²) in [7, 11) is 0. The van der Waals surface area contributed by atoms with Crippen LogP contribution >= 0.6 is 0 Å². The number of phenols is 1. The van der Waals surface area contributed by atoms with Crippen LogP contribution in [0.15, 0.2) is 83.0 Å². The van der Waals surface area contributed by atoms with Crippen molar-refractivity contribution < 1.29 is 13.9 Å². The first-order chi connectivity index (χ1) is 15.5. The van der Waals surface area contributed by atoms with Gasteiger partial charge in [-0.05, 0) is 72.0 Å². The minimum atomic E-state index is -0.671. The van der Waals surface area contributed by atoms with E-state index >= 15 is 0 Å². The molecule has 0 saturated heterocycles. The number of phenolic OH excluding ortho intramolecular Hbond substituents is 1. The van der Waals surface area contributed by atoms with Gasteiger partial charge in [-0.3, -0.25) is 0 Å². The van der Waals surface area contributed by atoms with Gasteiger partial charge in [-0.25, -0.2) is 8.78 Å². The summed E-state index contributed by atoms with van der Waals surface area (Å²) in [4.78, 5) is 0. The van der Waals surface area contributed by atoms with Crippen molar-refractivity contribution in [2.75, 3.05) is 0 Å². The van der Waals surface area contributed by atoms with Crippen molar-refractivity contribution in [1.82, 2.24) is 0 Å². The van der Waals surface area contributed by atoms with Gasteiger partial charge in [0.25, 0.3) is 0 Å². The van der Waals surface area contributed by atoms with Crippen LogP contribution in [0.5, 0.6) is 5.75 Å². The second-order valence-electron chi connectivity index (χ2n) is 7.37. The molecule has 0 aliphatic carbocycles. The van der Waals surface area contributed by atoms with Crippen LogP contribution in [0.2, 0.25) is 0 Å². The molecule has 5 heteroatoms. The molecular weight excluding hydrogens is 406 g/mol. The number of aryl methyl sites for hydroxylation is 1. The molecule has 32 heavy (non-hydrogen) atoms. The first-order valence-corrected chi connectivity index (χ1v) is 10.3. The van der Waals surface area contributed by atoms with Gasteiger partial charge in [0.1, 0.15) is 17.4 Å². The Morgan fingerprint density at radius 1 is 0.812 bits per heavy atom. The number of fused-ring (bicyclic) bond motifs is 1. The number of halogens is 2. The average molecular weight is 426 g/mol. The minimum absolute atomic E-state index is 0.160. The monoisotopic (exact) mass is 426 g/mol. The Morgan fingerprint density at radius 2 is 1.47 bits per heavy atom. The molecule has 4 rings (SSSR count). The van der Waals surface area contributed by atoms with Crippen LogP contribution in [-0.2, 0) is 6.42 Å². The fourth-order valence-electron chi connectivity index (χ4n) is 3.32. The summed E-state index contributed by atoms with van der Waals surface area (Å²) < 4.78 is 29.5. The molecule has 4 aromatic rings. The van der Waals surface area contributed by atoms with E-state index in [1.807, 2.05) is 12.1 Å². The standard InChI is InChI=1S/C27H20F2N2O/c1-2-3-19-7-14-24-20(16-19)17-26(28)25(27(24)29)15-6-18-4-8-21(9-5-18)30-31-22-10-12-23(32)13-11-22/h4-5,7-14,16-17,32H,2-3H2,1H3. The molecule has 0 heterocycles. The Bertz CT molecular complexity index is 1350. The third-order valence-corrected chi connectivity index (χ3v) is 4.96. The van der Waals surface area contributed by atoms with Gasteiger partial charge in [0.2, 0.25) is 0 Å². The summed E-state index contributed by atoms with van der Waals surface area (Å²) in [6.45, 7) is 2.06. The molecule has 0 spiro atoms. The van der Waals surface area contributed by atoms with E-state index in [1.54, 1.807) is 42.5 Å². The molecule has 0 radical (unpaired) electrons. The van der Waals surface area contributed by atoms with E-state index in [2.05, 4.69) is 29.0 Å². The normalized spacial score (nSPS) is 11.0. The second-order valence-corrected chi connectivity index (χ2v) is 7.37.